The minimum Gasteiger partial charge on any atom is -0.359 e. The molecule has 0 atom stereocenters. The fourth-order valence-corrected chi connectivity index (χ4v) is 2.41. The topological polar surface area (TPSA) is 28.2 Å². The van der Waals surface area contributed by atoms with Gasteiger partial charge in [0.2, 0.25) is 0 Å². The number of pyridine rings is 1. The maximum atomic E-state index is 13.4. The summed E-state index contributed by atoms with van der Waals surface area (Å²) >= 11 is 0. The zero-order valence-corrected chi connectivity index (χ0v) is 12.1. The van der Waals surface area contributed by atoms with E-state index in [2.05, 4.69) is 36.1 Å². The molecule has 19 heavy (non-hydrogen) atoms. The summed E-state index contributed by atoms with van der Waals surface area (Å²) in [7, 11) is 2.05. The van der Waals surface area contributed by atoms with Crippen molar-refractivity contribution < 1.29 is 4.39 Å². The maximum absolute atomic E-state index is 13.4. The van der Waals surface area contributed by atoms with Crippen LogP contribution in [0.2, 0.25) is 0 Å². The van der Waals surface area contributed by atoms with E-state index in [9.17, 15) is 4.39 Å². The Bertz CT molecular complexity index is 416. The van der Waals surface area contributed by atoms with Crippen molar-refractivity contribution in [3.63, 3.8) is 0 Å². The first kappa shape index (κ1) is 14.3. The van der Waals surface area contributed by atoms with Crippen LogP contribution in [-0.2, 0) is 6.54 Å². The molecule has 0 aromatic carbocycles. The van der Waals surface area contributed by atoms with Gasteiger partial charge in [0.15, 0.2) is 0 Å². The van der Waals surface area contributed by atoms with Gasteiger partial charge in [0.05, 0.1) is 6.20 Å². The molecule has 3 nitrogen and oxygen atoms in total. The van der Waals surface area contributed by atoms with Gasteiger partial charge in [-0.25, -0.2) is 9.37 Å². The number of aromatic nitrogens is 1. The molecule has 1 aliphatic carbocycles. The van der Waals surface area contributed by atoms with Crippen molar-refractivity contribution in [1.29, 1.82) is 0 Å². The Kier molecular flexibility index (Phi) is 4.75. The molecule has 1 aromatic heterocycles. The third-order valence-electron chi connectivity index (χ3n) is 3.73. The number of hydrogen-bond donors (Lipinski definition) is 1. The molecule has 0 spiro atoms. The van der Waals surface area contributed by atoms with Crippen molar-refractivity contribution in [2.45, 2.75) is 45.7 Å². The van der Waals surface area contributed by atoms with E-state index in [4.69, 9.17) is 0 Å². The molecule has 0 unspecified atom stereocenters. The predicted molar refractivity (Wildman–Crippen MR) is 76.8 cm³/mol. The molecule has 1 saturated carbocycles. The second kappa shape index (κ2) is 6.33. The summed E-state index contributed by atoms with van der Waals surface area (Å²) < 4.78 is 13.4. The van der Waals surface area contributed by atoms with E-state index < -0.39 is 0 Å². The van der Waals surface area contributed by atoms with Crippen LogP contribution in [0.1, 0.15) is 38.7 Å². The first-order chi connectivity index (χ1) is 9.06. The Hall–Kier alpha value is -1.16. The van der Waals surface area contributed by atoms with Crippen LogP contribution in [0.4, 0.5) is 10.2 Å². The van der Waals surface area contributed by atoms with Gasteiger partial charge in [-0.15, -0.1) is 0 Å². The summed E-state index contributed by atoms with van der Waals surface area (Å²) in [6.45, 7) is 5.86. The van der Waals surface area contributed by atoms with Crippen LogP contribution < -0.4 is 10.2 Å². The Morgan fingerprint density at radius 1 is 1.47 bits per heavy atom. The first-order valence-corrected chi connectivity index (χ1v) is 7.15. The number of halogens is 1. The monoisotopic (exact) mass is 265 g/mol. The number of anilines is 1. The summed E-state index contributed by atoms with van der Waals surface area (Å²) in [5.74, 6) is 1.42. The smallest absolute Gasteiger partial charge is 0.141 e. The van der Waals surface area contributed by atoms with Gasteiger partial charge in [-0.1, -0.05) is 20.3 Å². The molecule has 2 rings (SSSR count). The van der Waals surface area contributed by atoms with E-state index in [1.165, 1.54) is 25.5 Å². The lowest BCUT2D eigenvalue weighted by Crippen LogP contribution is -2.31. The van der Waals surface area contributed by atoms with Crippen LogP contribution in [0.5, 0.6) is 0 Å². The first-order valence-electron chi connectivity index (χ1n) is 7.15. The van der Waals surface area contributed by atoms with Crippen molar-refractivity contribution in [1.82, 2.24) is 10.3 Å². The summed E-state index contributed by atoms with van der Waals surface area (Å²) in [5.41, 5.74) is 0.940. The van der Waals surface area contributed by atoms with E-state index in [0.717, 1.165) is 23.8 Å². The molecule has 1 N–H and O–H groups in total. The highest BCUT2D eigenvalue weighted by molar-refractivity contribution is 5.46. The Morgan fingerprint density at radius 2 is 2.21 bits per heavy atom. The highest BCUT2D eigenvalue weighted by Crippen LogP contribution is 2.28. The zero-order chi connectivity index (χ0) is 13.8. The summed E-state index contributed by atoms with van der Waals surface area (Å²) in [5, 5.41) is 3.33. The molecule has 1 aromatic rings. The van der Waals surface area contributed by atoms with Gasteiger partial charge >= 0.3 is 0 Å². The molecule has 1 heterocycles. The van der Waals surface area contributed by atoms with Crippen LogP contribution >= 0.6 is 0 Å². The highest BCUT2D eigenvalue weighted by Gasteiger charge is 2.21. The number of nitrogens with one attached hydrogen (secondary N) is 1. The van der Waals surface area contributed by atoms with Crippen LogP contribution in [0.15, 0.2) is 12.3 Å². The van der Waals surface area contributed by atoms with Crippen molar-refractivity contribution in [3.8, 4) is 0 Å². The van der Waals surface area contributed by atoms with E-state index >= 15 is 0 Å². The summed E-state index contributed by atoms with van der Waals surface area (Å²) in [4.78, 5) is 6.45. The fourth-order valence-electron chi connectivity index (χ4n) is 2.41. The van der Waals surface area contributed by atoms with Crippen LogP contribution in [0.3, 0.4) is 0 Å². The fraction of sp³-hybridized carbons (Fsp3) is 0.667. The molecule has 0 radical (unpaired) electrons. The lowest BCUT2D eigenvalue weighted by molar-refractivity contribution is 0.320. The van der Waals surface area contributed by atoms with Crippen molar-refractivity contribution in [3.05, 3.63) is 23.6 Å². The normalized spacial score (nSPS) is 15.6. The van der Waals surface area contributed by atoms with Crippen molar-refractivity contribution in [2.24, 2.45) is 5.92 Å². The average Bonchev–Trinajstić information content (AvgIpc) is 2.31. The van der Waals surface area contributed by atoms with Crippen molar-refractivity contribution in [2.75, 3.05) is 18.5 Å². The largest absolute Gasteiger partial charge is 0.359 e. The van der Waals surface area contributed by atoms with E-state index in [-0.39, 0.29) is 5.82 Å². The molecular weight excluding hydrogens is 241 g/mol. The predicted octanol–water partition coefficient (Wildman–Crippen LogP) is 2.96. The Balaban J connectivity index is 2.07. The van der Waals surface area contributed by atoms with Crippen LogP contribution in [-0.4, -0.2) is 24.6 Å². The summed E-state index contributed by atoms with van der Waals surface area (Å²) in [6.07, 6.45) is 5.28. The molecule has 106 valence electrons. The minimum atomic E-state index is -0.263. The molecule has 0 aliphatic heterocycles. The molecular formula is C15H24FN3. The lowest BCUT2D eigenvalue weighted by Gasteiger charge is -2.31. The Labute approximate surface area is 115 Å². The molecule has 4 heteroatoms. The van der Waals surface area contributed by atoms with Gasteiger partial charge in [0.1, 0.15) is 11.6 Å². The van der Waals surface area contributed by atoms with Gasteiger partial charge in [-0.2, -0.15) is 0 Å². The molecule has 0 amide bonds. The molecule has 0 bridgehead atoms. The van der Waals surface area contributed by atoms with Gasteiger partial charge in [-0.05, 0) is 24.8 Å². The zero-order valence-electron chi connectivity index (χ0n) is 12.1. The quantitative estimate of drug-likeness (QED) is 0.857. The van der Waals surface area contributed by atoms with Gasteiger partial charge in [0.25, 0.3) is 0 Å². The third kappa shape index (κ3) is 3.90. The van der Waals surface area contributed by atoms with Gasteiger partial charge in [0, 0.05) is 31.7 Å². The number of nitrogens with zero attached hydrogens (tertiary/aromatic N) is 2. The minimum absolute atomic E-state index is 0.263. The SMILES string of the molecule is CC(C)NCc1cc(F)cnc1N(C)CC1CCC1. The molecule has 0 saturated heterocycles. The van der Waals surface area contributed by atoms with Crippen molar-refractivity contribution >= 4 is 5.82 Å². The second-order valence-electron chi connectivity index (χ2n) is 5.85. The standard InChI is InChI=1S/C15H24FN3/c1-11(2)17-8-13-7-14(16)9-18-15(13)19(3)10-12-5-4-6-12/h7,9,11-12,17H,4-6,8,10H2,1-3H3. The number of rotatable bonds is 6. The Morgan fingerprint density at radius 3 is 2.79 bits per heavy atom. The third-order valence-corrected chi connectivity index (χ3v) is 3.73. The van der Waals surface area contributed by atoms with E-state index in [1.807, 2.05) is 0 Å². The highest BCUT2D eigenvalue weighted by atomic mass is 19.1. The number of hydrogen-bond acceptors (Lipinski definition) is 3. The second-order valence-corrected chi connectivity index (χ2v) is 5.85. The van der Waals surface area contributed by atoms with Gasteiger partial charge < -0.3 is 10.2 Å². The van der Waals surface area contributed by atoms with E-state index in [0.29, 0.717) is 12.6 Å². The summed E-state index contributed by atoms with van der Waals surface area (Å²) in [6, 6.07) is 1.97. The maximum Gasteiger partial charge on any atom is 0.141 e. The average molecular weight is 265 g/mol. The van der Waals surface area contributed by atoms with Crippen LogP contribution in [0, 0.1) is 11.7 Å². The lowest BCUT2D eigenvalue weighted by atomic mass is 9.85. The molecule has 1 fully saturated rings. The van der Waals surface area contributed by atoms with E-state index in [1.54, 1.807) is 6.07 Å². The van der Waals surface area contributed by atoms with Crippen LogP contribution in [0.25, 0.3) is 0 Å². The van der Waals surface area contributed by atoms with Gasteiger partial charge in [-0.3, -0.25) is 0 Å². The molecule has 1 aliphatic rings.